The fourth-order valence-corrected chi connectivity index (χ4v) is 3.11. The zero-order valence-corrected chi connectivity index (χ0v) is 15.7. The van der Waals surface area contributed by atoms with Gasteiger partial charge in [-0.05, 0) is 19.3 Å². The number of rotatable bonds is 10. The van der Waals surface area contributed by atoms with Crippen molar-refractivity contribution in [2.24, 2.45) is 17.6 Å². The third kappa shape index (κ3) is 6.02. The van der Waals surface area contributed by atoms with Gasteiger partial charge in [-0.2, -0.15) is 0 Å². The highest BCUT2D eigenvalue weighted by Crippen LogP contribution is 2.26. The number of aliphatic carboxylic acids is 2. The van der Waals surface area contributed by atoms with Crippen LogP contribution in [0.15, 0.2) is 0 Å². The van der Waals surface area contributed by atoms with Crippen LogP contribution in [0.1, 0.15) is 40.0 Å². The molecule has 0 spiro atoms. The third-order valence-corrected chi connectivity index (χ3v) is 4.50. The lowest BCUT2D eigenvalue weighted by Crippen LogP contribution is -2.50. The number of amides is 2. The van der Waals surface area contributed by atoms with E-state index in [4.69, 9.17) is 10.8 Å². The summed E-state index contributed by atoms with van der Waals surface area (Å²) in [5, 5.41) is 20.7. The van der Waals surface area contributed by atoms with Gasteiger partial charge in [0.1, 0.15) is 6.04 Å². The van der Waals surface area contributed by atoms with Crippen LogP contribution in [0, 0.1) is 11.8 Å². The monoisotopic (exact) mass is 385 g/mol. The summed E-state index contributed by atoms with van der Waals surface area (Å²) in [6.07, 6.45) is -0.652. The van der Waals surface area contributed by atoms with Crippen LogP contribution >= 0.6 is 0 Å². The van der Waals surface area contributed by atoms with E-state index in [-0.39, 0.29) is 31.7 Å². The highest BCUT2D eigenvalue weighted by atomic mass is 16.4. The molecule has 0 aromatic carbocycles. The zero-order chi connectivity index (χ0) is 20.9. The van der Waals surface area contributed by atoms with Gasteiger partial charge in [0.2, 0.25) is 11.8 Å². The Bertz CT molecular complexity index is 618. The predicted octanol–water partition coefficient (Wildman–Crippen LogP) is -0.790. The fourth-order valence-electron chi connectivity index (χ4n) is 3.11. The fraction of sp³-hybridized carbons (Fsp3) is 0.706. The molecule has 0 bridgehead atoms. The Kier molecular flexibility index (Phi) is 7.89. The molecule has 1 rings (SSSR count). The smallest absolute Gasteiger partial charge is 0.326 e. The van der Waals surface area contributed by atoms with Gasteiger partial charge in [0.25, 0.3) is 0 Å². The molecule has 0 aromatic heterocycles. The van der Waals surface area contributed by atoms with Crippen LogP contribution in [0.25, 0.3) is 0 Å². The Morgan fingerprint density at radius 2 is 1.81 bits per heavy atom. The van der Waals surface area contributed by atoms with E-state index in [0.29, 0.717) is 0 Å². The van der Waals surface area contributed by atoms with Gasteiger partial charge in [0.05, 0.1) is 12.1 Å². The number of nitrogens with zero attached hydrogens (tertiary/aromatic N) is 1. The number of Topliss-reactive ketones (excluding diaryl/α,β-unsaturated/α-hetero) is 1. The standard InChI is InChI=1S/C17H27N3O7/c1-8(2)14(17(26)27)20-7-10(6-12(20)21)15(24)11(4-5-13(22)23)19-16(25)9(3)18/h8-11,14H,4-7,18H2,1-3H3,(H,19,25)(H,22,23)(H,26,27)/t9-,10-,11-,14-/m0/s1. The van der Waals surface area contributed by atoms with Gasteiger partial charge in [0.15, 0.2) is 5.78 Å². The van der Waals surface area contributed by atoms with E-state index < -0.39 is 53.6 Å². The Morgan fingerprint density at radius 3 is 2.26 bits per heavy atom. The molecule has 0 aliphatic carbocycles. The number of ketones is 1. The van der Waals surface area contributed by atoms with E-state index in [1.54, 1.807) is 13.8 Å². The van der Waals surface area contributed by atoms with Crippen molar-refractivity contribution in [3.05, 3.63) is 0 Å². The lowest BCUT2D eigenvalue weighted by atomic mass is 9.93. The molecule has 1 aliphatic rings. The second-order valence-corrected chi connectivity index (χ2v) is 7.16. The second kappa shape index (κ2) is 9.45. The molecule has 10 heteroatoms. The molecule has 0 saturated carbocycles. The van der Waals surface area contributed by atoms with Gasteiger partial charge in [0, 0.05) is 25.3 Å². The molecule has 2 amide bonds. The number of hydrogen-bond donors (Lipinski definition) is 4. The van der Waals surface area contributed by atoms with E-state index in [9.17, 15) is 29.1 Å². The number of likely N-dealkylation sites (tertiary alicyclic amines) is 1. The average Bonchev–Trinajstić information content (AvgIpc) is 2.91. The first-order valence-corrected chi connectivity index (χ1v) is 8.79. The molecule has 10 nitrogen and oxygen atoms in total. The van der Waals surface area contributed by atoms with Crippen molar-refractivity contribution in [3.63, 3.8) is 0 Å². The summed E-state index contributed by atoms with van der Waals surface area (Å²) >= 11 is 0. The summed E-state index contributed by atoms with van der Waals surface area (Å²) < 4.78 is 0. The number of carbonyl (C=O) groups is 5. The van der Waals surface area contributed by atoms with Crippen molar-refractivity contribution < 1.29 is 34.2 Å². The van der Waals surface area contributed by atoms with Gasteiger partial charge in [-0.15, -0.1) is 0 Å². The minimum Gasteiger partial charge on any atom is -0.481 e. The summed E-state index contributed by atoms with van der Waals surface area (Å²) in [4.78, 5) is 60.4. The summed E-state index contributed by atoms with van der Waals surface area (Å²) in [6, 6.07) is -3.03. The molecule has 1 heterocycles. The van der Waals surface area contributed by atoms with Crippen LogP contribution < -0.4 is 11.1 Å². The molecule has 4 atom stereocenters. The van der Waals surface area contributed by atoms with Gasteiger partial charge in [-0.25, -0.2) is 4.79 Å². The maximum atomic E-state index is 12.8. The van der Waals surface area contributed by atoms with Crippen LogP contribution in [0.5, 0.6) is 0 Å². The third-order valence-electron chi connectivity index (χ3n) is 4.50. The van der Waals surface area contributed by atoms with E-state index >= 15 is 0 Å². The first-order chi connectivity index (χ1) is 12.5. The minimum atomic E-state index is -1.15. The van der Waals surface area contributed by atoms with E-state index in [1.807, 2.05) is 0 Å². The SMILES string of the molecule is CC(C)[C@@H](C(=O)O)N1C[C@@H](C(=O)[C@H](CCC(=O)O)NC(=O)[C@H](C)N)CC1=O. The first kappa shape index (κ1) is 22.6. The van der Waals surface area contributed by atoms with Crippen LogP contribution in [-0.2, 0) is 24.0 Å². The number of nitrogens with one attached hydrogen (secondary N) is 1. The van der Waals surface area contributed by atoms with E-state index in [0.717, 1.165) is 4.90 Å². The highest BCUT2D eigenvalue weighted by Gasteiger charge is 2.43. The van der Waals surface area contributed by atoms with Crippen molar-refractivity contribution in [1.29, 1.82) is 0 Å². The summed E-state index contributed by atoms with van der Waals surface area (Å²) in [5.41, 5.74) is 5.48. The van der Waals surface area contributed by atoms with Crippen molar-refractivity contribution in [2.45, 2.75) is 58.2 Å². The minimum absolute atomic E-state index is 0.0789. The van der Waals surface area contributed by atoms with Gasteiger partial charge < -0.3 is 26.2 Å². The topological polar surface area (TPSA) is 167 Å². The number of hydrogen-bond acceptors (Lipinski definition) is 6. The van der Waals surface area contributed by atoms with Crippen LogP contribution in [0.2, 0.25) is 0 Å². The maximum absolute atomic E-state index is 12.8. The van der Waals surface area contributed by atoms with Crippen molar-refractivity contribution in [1.82, 2.24) is 10.2 Å². The number of carbonyl (C=O) groups excluding carboxylic acids is 3. The van der Waals surface area contributed by atoms with Gasteiger partial charge in [-0.1, -0.05) is 13.8 Å². The summed E-state index contributed by atoms with van der Waals surface area (Å²) in [5.74, 6) is -4.99. The van der Waals surface area contributed by atoms with Gasteiger partial charge in [-0.3, -0.25) is 19.2 Å². The second-order valence-electron chi connectivity index (χ2n) is 7.16. The van der Waals surface area contributed by atoms with Crippen molar-refractivity contribution >= 4 is 29.5 Å². The molecule has 27 heavy (non-hydrogen) atoms. The van der Waals surface area contributed by atoms with Crippen LogP contribution in [-0.4, -0.2) is 69.3 Å². The van der Waals surface area contributed by atoms with Crippen molar-refractivity contribution in [2.75, 3.05) is 6.54 Å². The quantitative estimate of drug-likeness (QED) is 0.379. The average molecular weight is 385 g/mol. The number of carboxylic acids is 2. The molecule has 1 fully saturated rings. The van der Waals surface area contributed by atoms with E-state index in [2.05, 4.69) is 5.32 Å². The van der Waals surface area contributed by atoms with Crippen LogP contribution in [0.4, 0.5) is 0 Å². The maximum Gasteiger partial charge on any atom is 0.326 e. The molecule has 1 aliphatic heterocycles. The normalized spacial score (nSPS) is 20.3. The Balaban J connectivity index is 2.94. The molecule has 0 radical (unpaired) electrons. The number of carboxylic acid groups (broad SMARTS) is 2. The molecular weight excluding hydrogens is 358 g/mol. The van der Waals surface area contributed by atoms with Crippen LogP contribution in [0.3, 0.4) is 0 Å². The van der Waals surface area contributed by atoms with Gasteiger partial charge >= 0.3 is 11.9 Å². The zero-order valence-electron chi connectivity index (χ0n) is 15.7. The summed E-state index contributed by atoms with van der Waals surface area (Å²) in [6.45, 7) is 4.68. The molecular formula is C17H27N3O7. The molecule has 1 saturated heterocycles. The molecule has 5 N–H and O–H groups in total. The summed E-state index contributed by atoms with van der Waals surface area (Å²) in [7, 11) is 0. The Hall–Kier alpha value is -2.49. The molecule has 0 unspecified atom stereocenters. The lowest BCUT2D eigenvalue weighted by Gasteiger charge is -2.28. The number of nitrogens with two attached hydrogens (primary N) is 1. The Labute approximate surface area is 157 Å². The first-order valence-electron chi connectivity index (χ1n) is 8.79. The molecule has 152 valence electrons. The predicted molar refractivity (Wildman–Crippen MR) is 93.5 cm³/mol. The lowest BCUT2D eigenvalue weighted by molar-refractivity contribution is -0.150. The largest absolute Gasteiger partial charge is 0.481 e. The molecule has 0 aromatic rings. The van der Waals surface area contributed by atoms with E-state index in [1.165, 1.54) is 6.92 Å². The Morgan fingerprint density at radius 1 is 1.22 bits per heavy atom. The highest BCUT2D eigenvalue weighted by molar-refractivity contribution is 5.97. The van der Waals surface area contributed by atoms with Crippen molar-refractivity contribution in [3.8, 4) is 0 Å².